The van der Waals surface area contributed by atoms with Crippen LogP contribution in [0, 0.1) is 18.7 Å². The van der Waals surface area contributed by atoms with E-state index < -0.39 is 0 Å². The second kappa shape index (κ2) is 10.6. The molecule has 3 aromatic rings. The predicted octanol–water partition coefficient (Wildman–Crippen LogP) is 5.00. The Morgan fingerprint density at radius 1 is 1.15 bits per heavy atom. The highest BCUT2D eigenvalue weighted by Crippen LogP contribution is 2.24. The number of amides is 1. The van der Waals surface area contributed by atoms with E-state index in [1.807, 2.05) is 17.0 Å². The maximum atomic E-state index is 13.5. The molecule has 1 amide bonds. The molecule has 0 N–H and O–H groups in total. The van der Waals surface area contributed by atoms with Gasteiger partial charge >= 0.3 is 0 Å². The monoisotopic (exact) mass is 451 g/mol. The largest absolute Gasteiger partial charge is 0.497 e. The zero-order valence-electron chi connectivity index (χ0n) is 19.2. The Morgan fingerprint density at radius 2 is 1.91 bits per heavy atom. The van der Waals surface area contributed by atoms with Crippen LogP contribution in [0.4, 0.5) is 4.39 Å². The van der Waals surface area contributed by atoms with Gasteiger partial charge in [0.1, 0.15) is 11.6 Å². The van der Waals surface area contributed by atoms with Crippen LogP contribution in [0.15, 0.2) is 47.0 Å². The molecule has 1 saturated heterocycles. The number of benzene rings is 2. The van der Waals surface area contributed by atoms with Crippen LogP contribution in [0.25, 0.3) is 11.4 Å². The Hall–Kier alpha value is -3.22. The SMILES string of the molecule is COc1ccc(CCC2CCN(C(=O)CCc3nc(-c4ccc(F)c(C)c4)no3)CC2)cc1. The number of carbonyl (C=O) groups excluding carboxylic acids is 1. The summed E-state index contributed by atoms with van der Waals surface area (Å²) in [4.78, 5) is 19.0. The van der Waals surface area contributed by atoms with Crippen LogP contribution < -0.4 is 4.74 Å². The number of halogens is 1. The lowest BCUT2D eigenvalue weighted by Gasteiger charge is -2.32. The minimum Gasteiger partial charge on any atom is -0.497 e. The molecule has 0 atom stereocenters. The Kier molecular flexibility index (Phi) is 7.37. The van der Waals surface area contributed by atoms with Gasteiger partial charge in [0.15, 0.2) is 0 Å². The van der Waals surface area contributed by atoms with Gasteiger partial charge in [-0.05, 0) is 80.0 Å². The van der Waals surface area contributed by atoms with Crippen LogP contribution in [0.1, 0.15) is 42.7 Å². The van der Waals surface area contributed by atoms with Gasteiger partial charge in [-0.3, -0.25) is 4.79 Å². The zero-order chi connectivity index (χ0) is 23.2. The second-order valence-electron chi connectivity index (χ2n) is 8.69. The van der Waals surface area contributed by atoms with Gasteiger partial charge in [-0.25, -0.2) is 4.39 Å². The van der Waals surface area contributed by atoms with Crippen LogP contribution >= 0.6 is 0 Å². The van der Waals surface area contributed by atoms with Crippen molar-refractivity contribution in [1.29, 1.82) is 0 Å². The van der Waals surface area contributed by atoms with E-state index in [0.29, 0.717) is 41.6 Å². The van der Waals surface area contributed by atoms with Crippen LogP contribution in [0.3, 0.4) is 0 Å². The highest BCUT2D eigenvalue weighted by atomic mass is 19.1. The van der Waals surface area contributed by atoms with Gasteiger partial charge in [-0.1, -0.05) is 17.3 Å². The normalized spacial score (nSPS) is 14.5. The van der Waals surface area contributed by atoms with Gasteiger partial charge in [0.05, 0.1) is 7.11 Å². The van der Waals surface area contributed by atoms with E-state index >= 15 is 0 Å². The Morgan fingerprint density at radius 3 is 2.61 bits per heavy atom. The van der Waals surface area contributed by atoms with Crippen molar-refractivity contribution in [2.24, 2.45) is 5.92 Å². The summed E-state index contributed by atoms with van der Waals surface area (Å²) in [5, 5.41) is 3.97. The third-order valence-electron chi connectivity index (χ3n) is 6.40. The first kappa shape index (κ1) is 23.0. The molecule has 0 aliphatic carbocycles. The van der Waals surface area contributed by atoms with E-state index in [0.717, 1.165) is 44.5 Å². The summed E-state index contributed by atoms with van der Waals surface area (Å²) >= 11 is 0. The molecule has 0 bridgehead atoms. The highest BCUT2D eigenvalue weighted by Gasteiger charge is 2.23. The first-order valence-corrected chi connectivity index (χ1v) is 11.5. The summed E-state index contributed by atoms with van der Waals surface area (Å²) in [5.74, 6) is 2.23. The Labute approximate surface area is 193 Å². The third-order valence-corrected chi connectivity index (χ3v) is 6.40. The molecule has 4 rings (SSSR count). The number of piperidine rings is 1. The van der Waals surface area contributed by atoms with Crippen molar-refractivity contribution in [2.75, 3.05) is 20.2 Å². The van der Waals surface area contributed by atoms with Crippen molar-refractivity contribution in [1.82, 2.24) is 15.0 Å². The van der Waals surface area contributed by atoms with Crippen molar-refractivity contribution in [3.63, 3.8) is 0 Å². The fourth-order valence-electron chi connectivity index (χ4n) is 4.26. The number of likely N-dealkylation sites (tertiary alicyclic amines) is 1. The van der Waals surface area contributed by atoms with Gasteiger partial charge < -0.3 is 14.2 Å². The van der Waals surface area contributed by atoms with Crippen LogP contribution in [-0.4, -0.2) is 41.1 Å². The average Bonchev–Trinajstić information content (AvgIpc) is 3.32. The molecule has 33 heavy (non-hydrogen) atoms. The maximum Gasteiger partial charge on any atom is 0.227 e. The lowest BCUT2D eigenvalue weighted by molar-refractivity contribution is -0.132. The average molecular weight is 452 g/mol. The van der Waals surface area contributed by atoms with Crippen molar-refractivity contribution in [2.45, 2.75) is 45.4 Å². The number of hydrogen-bond donors (Lipinski definition) is 0. The van der Waals surface area contributed by atoms with Gasteiger partial charge in [-0.15, -0.1) is 0 Å². The molecular weight excluding hydrogens is 421 g/mol. The van der Waals surface area contributed by atoms with Gasteiger partial charge in [0, 0.05) is 31.5 Å². The lowest BCUT2D eigenvalue weighted by Crippen LogP contribution is -2.38. The zero-order valence-corrected chi connectivity index (χ0v) is 19.2. The molecule has 1 aliphatic rings. The summed E-state index contributed by atoms with van der Waals surface area (Å²) in [6.45, 7) is 3.30. The number of aromatic nitrogens is 2. The first-order valence-electron chi connectivity index (χ1n) is 11.5. The second-order valence-corrected chi connectivity index (χ2v) is 8.69. The topological polar surface area (TPSA) is 68.5 Å². The number of hydrogen-bond acceptors (Lipinski definition) is 5. The molecule has 2 aromatic carbocycles. The molecule has 1 aromatic heterocycles. The van der Waals surface area contributed by atoms with E-state index in [9.17, 15) is 9.18 Å². The van der Waals surface area contributed by atoms with E-state index in [4.69, 9.17) is 9.26 Å². The molecule has 0 unspecified atom stereocenters. The van der Waals surface area contributed by atoms with E-state index in [-0.39, 0.29) is 11.7 Å². The van der Waals surface area contributed by atoms with E-state index in [1.54, 1.807) is 26.2 Å². The minimum atomic E-state index is -0.266. The highest BCUT2D eigenvalue weighted by molar-refractivity contribution is 5.76. The van der Waals surface area contributed by atoms with Crippen molar-refractivity contribution in [3.05, 3.63) is 65.3 Å². The number of ether oxygens (including phenoxy) is 1. The van der Waals surface area contributed by atoms with Crippen molar-refractivity contribution in [3.8, 4) is 17.1 Å². The number of methoxy groups -OCH3 is 1. The van der Waals surface area contributed by atoms with E-state index in [1.165, 1.54) is 11.6 Å². The fourth-order valence-corrected chi connectivity index (χ4v) is 4.26. The maximum absolute atomic E-state index is 13.5. The lowest BCUT2D eigenvalue weighted by atomic mass is 9.90. The molecule has 7 heteroatoms. The standard InChI is InChI=1S/C26H30FN3O3/c1-18-17-21(7-10-23(18)27)26-28-24(33-29-26)11-12-25(31)30-15-13-20(14-16-30)4-3-19-5-8-22(32-2)9-6-19/h5-10,17,20H,3-4,11-16H2,1-2H3. The van der Waals surface area contributed by atoms with Gasteiger partial charge in [-0.2, -0.15) is 4.98 Å². The molecule has 1 fully saturated rings. The summed E-state index contributed by atoms with van der Waals surface area (Å²) in [5.41, 5.74) is 2.55. The number of carbonyl (C=O) groups is 1. The Bertz CT molecular complexity index is 1070. The summed E-state index contributed by atoms with van der Waals surface area (Å²) in [6, 6.07) is 13.0. The molecule has 1 aliphatic heterocycles. The minimum absolute atomic E-state index is 0.126. The molecular formula is C26H30FN3O3. The number of aryl methyl sites for hydroxylation is 3. The van der Waals surface area contributed by atoms with E-state index in [2.05, 4.69) is 22.3 Å². The van der Waals surface area contributed by atoms with Crippen LogP contribution in [-0.2, 0) is 17.6 Å². The van der Waals surface area contributed by atoms with Crippen LogP contribution in [0.5, 0.6) is 5.75 Å². The molecule has 0 spiro atoms. The number of rotatable bonds is 8. The summed E-state index contributed by atoms with van der Waals surface area (Å²) < 4.78 is 24.0. The van der Waals surface area contributed by atoms with Crippen molar-refractivity contribution < 1.29 is 18.4 Å². The summed E-state index contributed by atoms with van der Waals surface area (Å²) in [7, 11) is 1.68. The molecule has 2 heterocycles. The molecule has 6 nitrogen and oxygen atoms in total. The van der Waals surface area contributed by atoms with Crippen LogP contribution in [0.2, 0.25) is 0 Å². The summed E-state index contributed by atoms with van der Waals surface area (Å²) in [6.07, 6.45) is 5.02. The third kappa shape index (κ3) is 5.97. The predicted molar refractivity (Wildman–Crippen MR) is 123 cm³/mol. The van der Waals surface area contributed by atoms with Gasteiger partial charge in [0.25, 0.3) is 0 Å². The first-order chi connectivity index (χ1) is 16.0. The fraction of sp³-hybridized carbons (Fsp3) is 0.423. The smallest absolute Gasteiger partial charge is 0.227 e. The molecule has 0 saturated carbocycles. The number of nitrogens with zero attached hydrogens (tertiary/aromatic N) is 3. The quantitative estimate of drug-likeness (QED) is 0.482. The Balaban J connectivity index is 1.20. The molecule has 0 radical (unpaired) electrons. The van der Waals surface area contributed by atoms with Crippen molar-refractivity contribution >= 4 is 5.91 Å². The molecule has 174 valence electrons. The van der Waals surface area contributed by atoms with Gasteiger partial charge in [0.2, 0.25) is 17.6 Å².